The molecule has 2 nitrogen and oxygen atoms in total. The van der Waals surface area contributed by atoms with Gasteiger partial charge in [0.1, 0.15) is 0 Å². The molecule has 0 heterocycles. The van der Waals surface area contributed by atoms with E-state index in [0.29, 0.717) is 0 Å². The average molecular weight is 506 g/mol. The third-order valence-electron chi connectivity index (χ3n) is 3.10. The number of unbranched alkanes of at least 4 members (excludes halogenated alkanes) is 2. The van der Waals surface area contributed by atoms with Crippen LogP contribution in [0.1, 0.15) is 64.5 Å². The van der Waals surface area contributed by atoms with Gasteiger partial charge in [-0.05, 0) is 0 Å². The van der Waals surface area contributed by atoms with Crippen molar-refractivity contribution >= 4 is 5.43 Å². The molecule has 2 aromatic rings. The summed E-state index contributed by atoms with van der Waals surface area (Å²) in [4.78, 5) is 0. The second-order valence-corrected chi connectivity index (χ2v) is 16.6. The first kappa shape index (κ1) is 33.5. The van der Waals surface area contributed by atoms with Crippen molar-refractivity contribution in [3.05, 3.63) is 84.3 Å². The quantitative estimate of drug-likeness (QED) is 0.273. The molecular weight excluding hydrogens is 464 g/mol. The maximum atomic E-state index is 9.33. The molecule has 0 fully saturated rings. The second kappa shape index (κ2) is 25.9. The van der Waals surface area contributed by atoms with Crippen LogP contribution in [-0.4, -0.2) is 5.43 Å². The summed E-state index contributed by atoms with van der Waals surface area (Å²) < 4.78 is 0. The van der Waals surface area contributed by atoms with E-state index in [1.807, 2.05) is 0 Å². The Hall–Kier alpha value is -1.12. The Morgan fingerprint density at radius 1 is 0.867 bits per heavy atom. The molecule has 2 aromatic carbocycles. The summed E-state index contributed by atoms with van der Waals surface area (Å²) in [6.45, 7) is 17.9. The molecule has 0 radical (unpaired) electrons. The molecule has 0 aliphatic heterocycles. The SMILES string of the molecule is C=C(C)[O-].C=C(C)[O-].CCCCc1cc[cH-]c1.CCCCc1cc[cH-]c1.C[Si](C)=[Zr+2]. The first-order chi connectivity index (χ1) is 14.1. The van der Waals surface area contributed by atoms with Gasteiger partial charge in [-0.15, -0.1) is 24.7 Å². The Balaban J connectivity index is -0.000000325. The Morgan fingerprint density at radius 2 is 1.13 bits per heavy atom. The molecule has 4 heteroatoms. The van der Waals surface area contributed by atoms with Gasteiger partial charge in [0.15, 0.2) is 0 Å². The van der Waals surface area contributed by atoms with Crippen LogP contribution >= 0.6 is 0 Å². The van der Waals surface area contributed by atoms with Gasteiger partial charge in [-0.3, -0.25) is 0 Å². The first-order valence-electron chi connectivity index (χ1n) is 10.6. The summed E-state index contributed by atoms with van der Waals surface area (Å²) in [5.74, 6) is -0.167. The van der Waals surface area contributed by atoms with E-state index in [1.54, 1.807) is 23.3 Å². The van der Waals surface area contributed by atoms with Crippen molar-refractivity contribution in [2.75, 3.05) is 0 Å². The fourth-order valence-electron chi connectivity index (χ4n) is 1.92. The van der Waals surface area contributed by atoms with Gasteiger partial charge in [0, 0.05) is 0 Å². The van der Waals surface area contributed by atoms with Crippen LogP contribution in [0.3, 0.4) is 0 Å². The summed E-state index contributed by atoms with van der Waals surface area (Å²) in [6.07, 6.45) is 7.75. The van der Waals surface area contributed by atoms with Crippen molar-refractivity contribution in [1.29, 1.82) is 0 Å². The standard InChI is InChI=1S/2C9H13.2C3H6O.C2H6Si.Zr/c2*1-2-3-6-9-7-4-5-8-9;2*1-3(2)4;1-3-2;/h2*4-5,7-8H,2-3,6H2,1H3;2*4H,1H2,2H3;1-2H3;/q2*-1;;;;+2/p-2. The molecule has 0 saturated carbocycles. The molecule has 0 unspecified atom stereocenters. The van der Waals surface area contributed by atoms with Gasteiger partial charge in [0.25, 0.3) is 0 Å². The second-order valence-electron chi connectivity index (χ2n) is 7.20. The predicted molar refractivity (Wildman–Crippen MR) is 128 cm³/mol. The van der Waals surface area contributed by atoms with E-state index in [2.05, 4.69) is 88.6 Å². The fourth-order valence-corrected chi connectivity index (χ4v) is 1.92. The van der Waals surface area contributed by atoms with E-state index in [4.69, 9.17) is 0 Å². The van der Waals surface area contributed by atoms with Crippen LogP contribution < -0.4 is 10.2 Å². The molecule has 0 bridgehead atoms. The van der Waals surface area contributed by atoms with Crippen molar-refractivity contribution in [2.45, 2.75) is 79.3 Å². The average Bonchev–Trinajstić information content (AvgIpc) is 3.31. The zero-order valence-electron chi connectivity index (χ0n) is 20.1. The molecule has 0 N–H and O–H groups in total. The zero-order chi connectivity index (χ0) is 23.8. The summed E-state index contributed by atoms with van der Waals surface area (Å²) in [7, 11) is 0. The van der Waals surface area contributed by atoms with E-state index in [-0.39, 0.29) is 17.0 Å². The van der Waals surface area contributed by atoms with Gasteiger partial charge in [-0.25, -0.2) is 12.1 Å². The van der Waals surface area contributed by atoms with Gasteiger partial charge >= 0.3 is 41.9 Å². The molecular formula is C26H42O2SiZr-2. The topological polar surface area (TPSA) is 46.1 Å². The summed E-state index contributed by atoms with van der Waals surface area (Å²) in [6, 6.07) is 17.2. The van der Waals surface area contributed by atoms with Crippen molar-refractivity contribution in [3.8, 4) is 0 Å². The van der Waals surface area contributed by atoms with Crippen LogP contribution in [-0.2, 0) is 36.2 Å². The van der Waals surface area contributed by atoms with Gasteiger partial charge in [-0.1, -0.05) is 66.2 Å². The van der Waals surface area contributed by atoms with Crippen LogP contribution in [0.25, 0.3) is 0 Å². The van der Waals surface area contributed by atoms with Crippen LogP contribution in [0.5, 0.6) is 0 Å². The molecule has 0 spiro atoms. The van der Waals surface area contributed by atoms with Crippen molar-refractivity contribution in [2.24, 2.45) is 0 Å². The van der Waals surface area contributed by atoms with Gasteiger partial charge in [0.05, 0.1) is 0 Å². The van der Waals surface area contributed by atoms with Gasteiger partial charge in [0.2, 0.25) is 0 Å². The molecule has 0 aromatic heterocycles. The van der Waals surface area contributed by atoms with E-state index < -0.39 is 0 Å². The van der Waals surface area contributed by atoms with Crippen LogP contribution in [0, 0.1) is 0 Å². The Labute approximate surface area is 201 Å². The Kier molecular flexibility index (Phi) is 29.0. The monoisotopic (exact) mass is 504 g/mol. The fraction of sp³-hybridized carbons (Fsp3) is 0.462. The van der Waals surface area contributed by atoms with E-state index >= 15 is 0 Å². The van der Waals surface area contributed by atoms with E-state index in [0.717, 1.165) is 0 Å². The molecule has 168 valence electrons. The minimum absolute atomic E-state index is 0.0833. The Bertz CT molecular complexity index is 535. The predicted octanol–water partition coefficient (Wildman–Crippen LogP) is 6.04. The molecule has 30 heavy (non-hydrogen) atoms. The third kappa shape index (κ3) is 41.3. The number of rotatable bonds is 6. The molecule has 0 aliphatic rings. The number of hydrogen-bond acceptors (Lipinski definition) is 2. The summed E-state index contributed by atoms with van der Waals surface area (Å²) >= 11 is 1.74. The Morgan fingerprint density at radius 3 is 1.30 bits per heavy atom. The van der Waals surface area contributed by atoms with E-state index in [1.165, 1.54) is 63.5 Å². The maximum absolute atomic E-state index is 9.33. The number of aryl methyl sites for hydroxylation is 2. The number of allylic oxidation sites excluding steroid dienone is 2. The normalized spacial score (nSPS) is 8.53. The van der Waals surface area contributed by atoms with Gasteiger partial charge < -0.3 is 10.2 Å². The molecule has 0 atom stereocenters. The van der Waals surface area contributed by atoms with Crippen molar-refractivity contribution < 1.29 is 33.5 Å². The first-order valence-corrected chi connectivity index (χ1v) is 16.8. The van der Waals surface area contributed by atoms with E-state index in [9.17, 15) is 10.2 Å². The number of hydrogen-bond donors (Lipinski definition) is 0. The summed E-state index contributed by atoms with van der Waals surface area (Å²) in [5.41, 5.74) is 3.18. The molecule has 2 rings (SSSR count). The third-order valence-corrected chi connectivity index (χ3v) is 3.10. The summed E-state index contributed by atoms with van der Waals surface area (Å²) in [5, 5.41) is 18.7. The molecule has 0 aliphatic carbocycles. The van der Waals surface area contributed by atoms with Crippen molar-refractivity contribution in [3.63, 3.8) is 0 Å². The zero-order valence-corrected chi connectivity index (χ0v) is 23.6. The van der Waals surface area contributed by atoms with Crippen LogP contribution in [0.4, 0.5) is 0 Å². The van der Waals surface area contributed by atoms with Crippen molar-refractivity contribution in [1.82, 2.24) is 0 Å². The van der Waals surface area contributed by atoms with Crippen LogP contribution in [0.2, 0.25) is 13.1 Å². The molecule has 0 amide bonds. The molecule has 0 saturated heterocycles. The van der Waals surface area contributed by atoms with Crippen LogP contribution in [0.15, 0.2) is 73.2 Å². The van der Waals surface area contributed by atoms with Gasteiger partial charge in [-0.2, -0.15) is 47.5 Å². The minimum atomic E-state index is -0.0833.